The lowest BCUT2D eigenvalue weighted by Gasteiger charge is -2.28. The highest BCUT2D eigenvalue weighted by Gasteiger charge is 2.23. The van der Waals surface area contributed by atoms with Crippen LogP contribution >= 0.6 is 12.2 Å². The Bertz CT molecular complexity index is 1090. The predicted molar refractivity (Wildman–Crippen MR) is 118 cm³/mol. The largest absolute Gasteiger partial charge is 0.493 e. The number of benzene rings is 2. The summed E-state index contributed by atoms with van der Waals surface area (Å²) in [6.07, 6.45) is 0. The van der Waals surface area contributed by atoms with Gasteiger partial charge in [0.25, 0.3) is 0 Å². The molecule has 0 N–H and O–H groups in total. The number of para-hydroxylation sites is 2. The lowest BCUT2D eigenvalue weighted by molar-refractivity contribution is 0.0690. The molecule has 1 saturated heterocycles. The molecule has 1 aliphatic rings. The van der Waals surface area contributed by atoms with Crippen molar-refractivity contribution >= 4 is 34.0 Å². The van der Waals surface area contributed by atoms with Crippen molar-refractivity contribution in [1.82, 2.24) is 14.5 Å². The summed E-state index contributed by atoms with van der Waals surface area (Å²) in [7, 11) is 3.12. The molecule has 7 nitrogen and oxygen atoms in total. The Morgan fingerprint density at radius 2 is 1.83 bits per heavy atom. The van der Waals surface area contributed by atoms with Crippen LogP contribution in [0.25, 0.3) is 11.0 Å². The Labute approximate surface area is 180 Å². The quantitative estimate of drug-likeness (QED) is 0.444. The Hall–Kier alpha value is -2.97. The molecule has 0 spiro atoms. The maximum atomic E-state index is 13.2. The third-order valence-electron chi connectivity index (χ3n) is 5.15. The van der Waals surface area contributed by atoms with Crippen LogP contribution in [-0.2, 0) is 11.3 Å². The molecule has 156 valence electrons. The summed E-state index contributed by atoms with van der Waals surface area (Å²) >= 11 is 5.75. The SMILES string of the molecule is COc1ccc(C(=O)Cn2c(C(=S)N3CCOCC3)nc3ccccc32)cc1OC. The number of hydrogen-bond donors (Lipinski definition) is 0. The highest BCUT2D eigenvalue weighted by molar-refractivity contribution is 7.80. The minimum atomic E-state index is -0.0647. The molecule has 0 radical (unpaired) electrons. The Morgan fingerprint density at radius 3 is 2.57 bits per heavy atom. The van der Waals surface area contributed by atoms with Crippen LogP contribution in [-0.4, -0.2) is 65.7 Å². The lowest BCUT2D eigenvalue weighted by atomic mass is 10.1. The van der Waals surface area contributed by atoms with E-state index in [0.29, 0.717) is 54.2 Å². The highest BCUT2D eigenvalue weighted by Crippen LogP contribution is 2.28. The molecule has 1 fully saturated rings. The van der Waals surface area contributed by atoms with E-state index in [0.717, 1.165) is 11.0 Å². The summed E-state index contributed by atoms with van der Waals surface area (Å²) < 4.78 is 17.9. The summed E-state index contributed by atoms with van der Waals surface area (Å²) in [5, 5.41) is 0. The first-order chi connectivity index (χ1) is 14.6. The topological polar surface area (TPSA) is 65.8 Å². The number of hydrogen-bond acceptors (Lipinski definition) is 6. The molecule has 0 aliphatic carbocycles. The summed E-state index contributed by atoms with van der Waals surface area (Å²) in [4.78, 5) is 20.6. The first-order valence-electron chi connectivity index (χ1n) is 9.70. The molecule has 0 amide bonds. The second-order valence-electron chi connectivity index (χ2n) is 6.91. The maximum absolute atomic E-state index is 13.2. The Kier molecular flexibility index (Phi) is 5.96. The van der Waals surface area contributed by atoms with Gasteiger partial charge in [0.05, 0.1) is 45.0 Å². The van der Waals surface area contributed by atoms with Gasteiger partial charge in [-0.2, -0.15) is 0 Å². The number of rotatable bonds is 6. The zero-order valence-electron chi connectivity index (χ0n) is 17.0. The van der Waals surface area contributed by atoms with Crippen molar-refractivity contribution in [2.75, 3.05) is 40.5 Å². The fourth-order valence-corrected chi connectivity index (χ4v) is 3.89. The van der Waals surface area contributed by atoms with Crippen LogP contribution in [0.3, 0.4) is 0 Å². The standard InChI is InChI=1S/C22H23N3O4S/c1-27-19-8-7-15(13-20(19)28-2)18(26)14-25-17-6-4-3-5-16(17)23-21(25)22(30)24-9-11-29-12-10-24/h3-8,13H,9-12,14H2,1-2H3. The van der Waals surface area contributed by atoms with E-state index in [4.69, 9.17) is 31.4 Å². The van der Waals surface area contributed by atoms with Gasteiger partial charge < -0.3 is 23.7 Å². The fourth-order valence-electron chi connectivity index (χ4n) is 3.55. The number of carbonyl (C=O) groups excluding carboxylic acids is 1. The van der Waals surface area contributed by atoms with Crippen molar-refractivity contribution in [2.24, 2.45) is 0 Å². The van der Waals surface area contributed by atoms with Crippen LogP contribution in [0.2, 0.25) is 0 Å². The third kappa shape index (κ3) is 3.88. The van der Waals surface area contributed by atoms with Crippen LogP contribution in [0.5, 0.6) is 11.5 Å². The van der Waals surface area contributed by atoms with E-state index in [1.165, 1.54) is 0 Å². The Balaban J connectivity index is 1.69. The molecule has 8 heteroatoms. The van der Waals surface area contributed by atoms with Gasteiger partial charge in [-0.3, -0.25) is 4.79 Å². The molecular weight excluding hydrogens is 402 g/mol. The van der Waals surface area contributed by atoms with Crippen LogP contribution in [0.1, 0.15) is 16.2 Å². The highest BCUT2D eigenvalue weighted by atomic mass is 32.1. The average Bonchev–Trinajstić information content (AvgIpc) is 3.16. The molecular formula is C22H23N3O4S. The summed E-state index contributed by atoms with van der Waals surface area (Å²) in [6, 6.07) is 12.9. The van der Waals surface area contributed by atoms with Crippen molar-refractivity contribution in [3.63, 3.8) is 0 Å². The fraction of sp³-hybridized carbons (Fsp3) is 0.318. The van der Waals surface area contributed by atoms with E-state index >= 15 is 0 Å². The predicted octanol–water partition coefficient (Wildman–Crippen LogP) is 2.94. The molecule has 1 aromatic heterocycles. The van der Waals surface area contributed by atoms with Gasteiger partial charge in [-0.1, -0.05) is 24.4 Å². The van der Waals surface area contributed by atoms with E-state index in [9.17, 15) is 4.79 Å². The Morgan fingerprint density at radius 1 is 1.10 bits per heavy atom. The second-order valence-corrected chi connectivity index (χ2v) is 7.29. The van der Waals surface area contributed by atoms with Gasteiger partial charge in [0.2, 0.25) is 0 Å². The molecule has 1 aliphatic heterocycles. The number of morpholine rings is 1. The maximum Gasteiger partial charge on any atom is 0.182 e. The van der Waals surface area contributed by atoms with E-state index in [-0.39, 0.29) is 12.3 Å². The first-order valence-corrected chi connectivity index (χ1v) is 10.1. The summed E-state index contributed by atoms with van der Waals surface area (Å²) in [5.41, 5.74) is 2.22. The molecule has 3 aromatic rings. The molecule has 2 heterocycles. The van der Waals surface area contributed by atoms with Crippen molar-refractivity contribution < 1.29 is 19.0 Å². The van der Waals surface area contributed by atoms with Gasteiger partial charge in [0.1, 0.15) is 4.99 Å². The number of nitrogens with zero attached hydrogens (tertiary/aromatic N) is 3. The number of Topliss-reactive ketones (excluding diaryl/α,β-unsaturated/α-hetero) is 1. The number of imidazole rings is 1. The van der Waals surface area contributed by atoms with Gasteiger partial charge in [0, 0.05) is 18.7 Å². The molecule has 0 unspecified atom stereocenters. The number of fused-ring (bicyclic) bond motifs is 1. The summed E-state index contributed by atoms with van der Waals surface area (Å²) in [6.45, 7) is 2.81. The number of ether oxygens (including phenoxy) is 3. The zero-order chi connectivity index (χ0) is 21.1. The number of methoxy groups -OCH3 is 2. The molecule has 30 heavy (non-hydrogen) atoms. The van der Waals surface area contributed by atoms with Crippen LogP contribution in [0.4, 0.5) is 0 Å². The molecule has 0 bridgehead atoms. The monoisotopic (exact) mass is 425 g/mol. The van der Waals surface area contributed by atoms with E-state index < -0.39 is 0 Å². The first kappa shape index (κ1) is 20.3. The van der Waals surface area contributed by atoms with Gasteiger partial charge in [0.15, 0.2) is 23.1 Å². The second kappa shape index (κ2) is 8.81. The smallest absolute Gasteiger partial charge is 0.182 e. The molecule has 0 saturated carbocycles. The van der Waals surface area contributed by atoms with E-state index in [2.05, 4.69) is 4.90 Å². The summed E-state index contributed by atoms with van der Waals surface area (Å²) in [5.74, 6) is 1.66. The number of carbonyl (C=O) groups is 1. The van der Waals surface area contributed by atoms with Gasteiger partial charge in [-0.05, 0) is 30.3 Å². The average molecular weight is 426 g/mol. The third-order valence-corrected chi connectivity index (χ3v) is 5.59. The van der Waals surface area contributed by atoms with Crippen molar-refractivity contribution in [3.8, 4) is 11.5 Å². The van der Waals surface area contributed by atoms with Gasteiger partial charge >= 0.3 is 0 Å². The van der Waals surface area contributed by atoms with Crippen molar-refractivity contribution in [1.29, 1.82) is 0 Å². The minimum Gasteiger partial charge on any atom is -0.493 e. The van der Waals surface area contributed by atoms with Crippen LogP contribution in [0, 0.1) is 0 Å². The number of ketones is 1. The molecule has 4 rings (SSSR count). The zero-order valence-corrected chi connectivity index (χ0v) is 17.8. The van der Waals surface area contributed by atoms with Crippen LogP contribution in [0.15, 0.2) is 42.5 Å². The normalized spacial score (nSPS) is 14.0. The van der Waals surface area contributed by atoms with E-state index in [1.54, 1.807) is 32.4 Å². The number of aromatic nitrogens is 2. The van der Waals surface area contributed by atoms with Gasteiger partial charge in [-0.25, -0.2) is 4.98 Å². The molecule has 0 atom stereocenters. The van der Waals surface area contributed by atoms with Crippen molar-refractivity contribution in [3.05, 3.63) is 53.9 Å². The van der Waals surface area contributed by atoms with Crippen LogP contribution < -0.4 is 9.47 Å². The van der Waals surface area contributed by atoms with Gasteiger partial charge in [-0.15, -0.1) is 0 Å². The minimum absolute atomic E-state index is 0.0647. The molecule has 2 aromatic carbocycles. The lowest BCUT2D eigenvalue weighted by Crippen LogP contribution is -2.41. The number of thiocarbonyl (C=S) groups is 1. The van der Waals surface area contributed by atoms with E-state index in [1.807, 2.05) is 28.8 Å². The van der Waals surface area contributed by atoms with Crippen molar-refractivity contribution in [2.45, 2.75) is 6.54 Å².